The topological polar surface area (TPSA) is 35.5 Å². The standard InChI is InChI=1S/C17H34N2O/c1-2-10-18-14-17(8-3-4-9-17)15-19-11-5-6-16(13-19)7-12-20/h16,18,20H,2-15H2,1H3. The van der Waals surface area contributed by atoms with E-state index in [0.717, 1.165) is 18.9 Å². The fourth-order valence-corrected chi connectivity index (χ4v) is 4.23. The Kier molecular flexibility index (Phi) is 6.79. The number of aliphatic hydroxyl groups excluding tert-OH is 1. The Morgan fingerprint density at radius 3 is 2.75 bits per heavy atom. The number of piperidine rings is 1. The van der Waals surface area contributed by atoms with Crippen LogP contribution in [0.5, 0.6) is 0 Å². The Bertz CT molecular complexity index is 262. The molecule has 0 amide bonds. The first kappa shape index (κ1) is 16.3. The van der Waals surface area contributed by atoms with Crippen molar-refractivity contribution >= 4 is 0 Å². The molecule has 0 radical (unpaired) electrons. The molecule has 1 atom stereocenters. The first-order valence-electron chi connectivity index (χ1n) is 8.82. The van der Waals surface area contributed by atoms with Gasteiger partial charge in [-0.05, 0) is 62.9 Å². The number of hydrogen-bond donors (Lipinski definition) is 2. The number of nitrogens with zero attached hydrogens (tertiary/aromatic N) is 1. The minimum absolute atomic E-state index is 0.363. The second kappa shape index (κ2) is 8.35. The summed E-state index contributed by atoms with van der Waals surface area (Å²) in [4.78, 5) is 2.70. The number of likely N-dealkylation sites (tertiary alicyclic amines) is 1. The molecule has 0 aromatic rings. The van der Waals surface area contributed by atoms with Gasteiger partial charge < -0.3 is 15.3 Å². The molecule has 1 saturated carbocycles. The Balaban J connectivity index is 1.83. The Morgan fingerprint density at radius 1 is 1.25 bits per heavy atom. The lowest BCUT2D eigenvalue weighted by molar-refractivity contribution is 0.0932. The Morgan fingerprint density at radius 2 is 2.05 bits per heavy atom. The van der Waals surface area contributed by atoms with Crippen molar-refractivity contribution < 1.29 is 5.11 Å². The van der Waals surface area contributed by atoms with Gasteiger partial charge in [0.05, 0.1) is 0 Å². The van der Waals surface area contributed by atoms with Crippen LogP contribution in [0.4, 0.5) is 0 Å². The molecule has 1 unspecified atom stereocenters. The van der Waals surface area contributed by atoms with E-state index in [0.29, 0.717) is 12.0 Å². The zero-order valence-corrected chi connectivity index (χ0v) is 13.4. The summed E-state index contributed by atoms with van der Waals surface area (Å²) < 4.78 is 0. The molecule has 3 nitrogen and oxygen atoms in total. The summed E-state index contributed by atoms with van der Waals surface area (Å²) in [6.07, 6.45) is 10.5. The van der Waals surface area contributed by atoms with Crippen molar-refractivity contribution in [3.05, 3.63) is 0 Å². The molecular weight excluding hydrogens is 248 g/mol. The molecule has 3 heteroatoms. The molecule has 118 valence electrons. The summed E-state index contributed by atoms with van der Waals surface area (Å²) in [7, 11) is 0. The molecule has 1 aliphatic heterocycles. The minimum Gasteiger partial charge on any atom is -0.396 e. The van der Waals surface area contributed by atoms with Crippen LogP contribution in [0.25, 0.3) is 0 Å². The third-order valence-electron chi connectivity index (χ3n) is 5.29. The predicted molar refractivity (Wildman–Crippen MR) is 84.9 cm³/mol. The third kappa shape index (κ3) is 4.71. The summed E-state index contributed by atoms with van der Waals surface area (Å²) in [6, 6.07) is 0. The normalized spacial score (nSPS) is 27.0. The second-order valence-corrected chi connectivity index (χ2v) is 7.14. The smallest absolute Gasteiger partial charge is 0.0434 e. The third-order valence-corrected chi connectivity index (χ3v) is 5.29. The highest BCUT2D eigenvalue weighted by Crippen LogP contribution is 2.39. The second-order valence-electron chi connectivity index (χ2n) is 7.14. The molecule has 20 heavy (non-hydrogen) atoms. The highest BCUT2D eigenvalue weighted by atomic mass is 16.3. The fraction of sp³-hybridized carbons (Fsp3) is 1.00. The van der Waals surface area contributed by atoms with Gasteiger partial charge in [0.25, 0.3) is 0 Å². The van der Waals surface area contributed by atoms with Gasteiger partial charge in [0.1, 0.15) is 0 Å². The lowest BCUT2D eigenvalue weighted by atomic mass is 9.84. The van der Waals surface area contributed by atoms with E-state index >= 15 is 0 Å². The summed E-state index contributed by atoms with van der Waals surface area (Å²) in [5.41, 5.74) is 0.538. The average Bonchev–Trinajstić information content (AvgIpc) is 2.89. The van der Waals surface area contributed by atoms with Crippen molar-refractivity contribution in [2.24, 2.45) is 11.3 Å². The fourth-order valence-electron chi connectivity index (χ4n) is 4.23. The van der Waals surface area contributed by atoms with Crippen LogP contribution in [-0.4, -0.2) is 49.3 Å². The number of hydrogen-bond acceptors (Lipinski definition) is 3. The molecule has 1 heterocycles. The number of aliphatic hydroxyl groups is 1. The average molecular weight is 282 g/mol. The highest BCUT2D eigenvalue weighted by Gasteiger charge is 2.36. The van der Waals surface area contributed by atoms with E-state index in [1.54, 1.807) is 0 Å². The van der Waals surface area contributed by atoms with E-state index in [1.807, 2.05) is 0 Å². The molecular formula is C17H34N2O. The Hall–Kier alpha value is -0.120. The van der Waals surface area contributed by atoms with E-state index in [2.05, 4.69) is 17.1 Å². The Labute approximate surface area is 125 Å². The van der Waals surface area contributed by atoms with Crippen LogP contribution >= 0.6 is 0 Å². The van der Waals surface area contributed by atoms with Gasteiger partial charge in [-0.25, -0.2) is 0 Å². The van der Waals surface area contributed by atoms with Gasteiger partial charge in [-0.3, -0.25) is 0 Å². The van der Waals surface area contributed by atoms with Crippen LogP contribution in [0.1, 0.15) is 58.3 Å². The molecule has 2 rings (SSSR count). The first-order chi connectivity index (χ1) is 9.78. The van der Waals surface area contributed by atoms with Crippen molar-refractivity contribution in [2.75, 3.05) is 39.3 Å². The van der Waals surface area contributed by atoms with Gasteiger partial charge in [0.15, 0.2) is 0 Å². The van der Waals surface area contributed by atoms with Crippen molar-refractivity contribution in [3.8, 4) is 0 Å². The van der Waals surface area contributed by atoms with Gasteiger partial charge in [0.2, 0.25) is 0 Å². The van der Waals surface area contributed by atoms with Crippen LogP contribution in [0.2, 0.25) is 0 Å². The summed E-state index contributed by atoms with van der Waals surface area (Å²) in [5, 5.41) is 12.8. The molecule has 0 aromatic carbocycles. The zero-order chi connectivity index (χ0) is 14.3. The number of rotatable bonds is 8. The molecule has 2 fully saturated rings. The highest BCUT2D eigenvalue weighted by molar-refractivity contribution is 4.90. The van der Waals surface area contributed by atoms with Crippen LogP contribution < -0.4 is 5.32 Å². The van der Waals surface area contributed by atoms with Crippen LogP contribution in [0.3, 0.4) is 0 Å². The van der Waals surface area contributed by atoms with Crippen LogP contribution in [-0.2, 0) is 0 Å². The van der Waals surface area contributed by atoms with E-state index in [4.69, 9.17) is 5.11 Å². The van der Waals surface area contributed by atoms with Gasteiger partial charge in [-0.2, -0.15) is 0 Å². The van der Waals surface area contributed by atoms with Crippen molar-refractivity contribution in [3.63, 3.8) is 0 Å². The van der Waals surface area contributed by atoms with Crippen LogP contribution in [0.15, 0.2) is 0 Å². The molecule has 0 aromatic heterocycles. The van der Waals surface area contributed by atoms with Crippen molar-refractivity contribution in [1.82, 2.24) is 10.2 Å². The predicted octanol–water partition coefficient (Wildman–Crippen LogP) is 2.64. The maximum absolute atomic E-state index is 9.15. The SMILES string of the molecule is CCCNCC1(CN2CCCC(CCO)C2)CCCC1. The van der Waals surface area contributed by atoms with Gasteiger partial charge in [0, 0.05) is 26.2 Å². The van der Waals surface area contributed by atoms with E-state index in [-0.39, 0.29) is 0 Å². The molecule has 1 saturated heterocycles. The lowest BCUT2D eigenvalue weighted by Gasteiger charge is -2.40. The summed E-state index contributed by atoms with van der Waals surface area (Å²) >= 11 is 0. The van der Waals surface area contributed by atoms with Gasteiger partial charge >= 0.3 is 0 Å². The van der Waals surface area contributed by atoms with Gasteiger partial charge in [-0.15, -0.1) is 0 Å². The minimum atomic E-state index is 0.363. The van der Waals surface area contributed by atoms with E-state index in [9.17, 15) is 0 Å². The van der Waals surface area contributed by atoms with E-state index < -0.39 is 0 Å². The molecule has 1 aliphatic carbocycles. The quantitative estimate of drug-likeness (QED) is 0.672. The maximum atomic E-state index is 9.15. The molecule has 0 spiro atoms. The molecule has 2 aliphatic rings. The largest absolute Gasteiger partial charge is 0.396 e. The monoisotopic (exact) mass is 282 g/mol. The lowest BCUT2D eigenvalue weighted by Crippen LogP contribution is -2.46. The maximum Gasteiger partial charge on any atom is 0.0434 e. The molecule has 2 N–H and O–H groups in total. The van der Waals surface area contributed by atoms with Crippen molar-refractivity contribution in [1.29, 1.82) is 0 Å². The first-order valence-corrected chi connectivity index (χ1v) is 8.82. The molecule has 0 bridgehead atoms. The van der Waals surface area contributed by atoms with E-state index in [1.165, 1.54) is 71.1 Å². The van der Waals surface area contributed by atoms with Crippen LogP contribution in [0, 0.1) is 11.3 Å². The summed E-state index contributed by atoms with van der Waals surface area (Å²) in [6.45, 7) is 8.76. The number of nitrogens with one attached hydrogen (secondary N) is 1. The van der Waals surface area contributed by atoms with Crippen molar-refractivity contribution in [2.45, 2.75) is 58.3 Å². The summed E-state index contributed by atoms with van der Waals surface area (Å²) in [5.74, 6) is 0.732. The van der Waals surface area contributed by atoms with Gasteiger partial charge in [-0.1, -0.05) is 19.8 Å². The zero-order valence-electron chi connectivity index (χ0n) is 13.4.